The molecule has 9 aromatic carbocycles. The number of rotatable bonds is 0. The van der Waals surface area contributed by atoms with E-state index in [0.717, 1.165) is 0 Å². The number of hydrogen-bond acceptors (Lipinski definition) is 0. The molecule has 0 N–H and O–H groups in total. The Morgan fingerprint density at radius 2 is 0.471 bits per heavy atom. The lowest BCUT2D eigenvalue weighted by Crippen LogP contribution is -1.92. The molecule has 0 atom stereocenters. The SMILES string of the molecule is c1cc2cccc3c2c(c1)c1cccc2c4cccc5c6cccc7cccc(c76)c(c54)c3c12. The summed E-state index contributed by atoms with van der Waals surface area (Å²) in [4.78, 5) is 0. The number of hydrogen-bond donors (Lipinski definition) is 0. The van der Waals surface area contributed by atoms with E-state index in [1.807, 2.05) is 0 Å². The molecule has 0 nitrogen and oxygen atoms in total. The largest absolute Gasteiger partial charge is 0.0610 e. The molecule has 0 amide bonds. The Balaban J connectivity index is 1.81. The van der Waals surface area contributed by atoms with Crippen LogP contribution >= 0.6 is 0 Å². The minimum absolute atomic E-state index is 1.31. The second-order valence-corrected chi connectivity index (χ2v) is 9.62. The van der Waals surface area contributed by atoms with E-state index in [-0.39, 0.29) is 0 Å². The first-order valence-corrected chi connectivity index (χ1v) is 12.0. The highest BCUT2D eigenvalue weighted by atomic mass is 14.2. The van der Waals surface area contributed by atoms with Crippen LogP contribution in [0.1, 0.15) is 0 Å². The lowest BCUT2D eigenvalue weighted by Gasteiger charge is -2.21. The normalized spacial score (nSPS) is 12.7. The smallest absolute Gasteiger partial charge is 0.000719 e. The van der Waals surface area contributed by atoms with Crippen LogP contribution < -0.4 is 0 Å². The zero-order chi connectivity index (χ0) is 22.0. The van der Waals surface area contributed by atoms with Gasteiger partial charge in [-0.2, -0.15) is 0 Å². The summed E-state index contributed by atoms with van der Waals surface area (Å²) < 4.78 is 0. The van der Waals surface area contributed by atoms with Gasteiger partial charge in [0.1, 0.15) is 0 Å². The molecule has 0 aromatic heterocycles. The first kappa shape index (κ1) is 17.1. The molecule has 0 bridgehead atoms. The predicted molar refractivity (Wildman–Crippen MR) is 149 cm³/mol. The fraction of sp³-hybridized carbons (Fsp3) is 0. The molecule has 0 aliphatic carbocycles. The molecule has 0 radical (unpaired) electrons. The van der Waals surface area contributed by atoms with E-state index < -0.39 is 0 Å². The van der Waals surface area contributed by atoms with Gasteiger partial charge in [-0.25, -0.2) is 0 Å². The standard InChI is InChI=1S/C34H18/c1-7-19-9-3-17-27-29(19)21(11-1)23-13-5-15-25-26-16-6-14-24-22-12-2-8-20-10-4-18-28(30(20)22)34(32(24)26)33(27)31(23)25/h1-18H. The molecule has 9 aromatic rings. The van der Waals surface area contributed by atoms with Gasteiger partial charge in [-0.3, -0.25) is 0 Å². The van der Waals surface area contributed by atoms with Crippen LogP contribution in [0, 0.1) is 0 Å². The van der Waals surface area contributed by atoms with Crippen molar-refractivity contribution in [1.29, 1.82) is 0 Å². The van der Waals surface area contributed by atoms with E-state index in [4.69, 9.17) is 0 Å². The Labute approximate surface area is 195 Å². The molecule has 0 aliphatic rings. The molecular formula is C34H18. The van der Waals surface area contributed by atoms with Crippen LogP contribution in [0.2, 0.25) is 0 Å². The quantitative estimate of drug-likeness (QED) is 0.167. The fourth-order valence-electron chi connectivity index (χ4n) is 6.88. The van der Waals surface area contributed by atoms with Crippen molar-refractivity contribution in [3.8, 4) is 0 Å². The summed E-state index contributed by atoms with van der Waals surface area (Å²) in [5.41, 5.74) is 0. The molecule has 0 saturated carbocycles. The monoisotopic (exact) mass is 426 g/mol. The fourth-order valence-corrected chi connectivity index (χ4v) is 6.88. The van der Waals surface area contributed by atoms with Gasteiger partial charge in [0.2, 0.25) is 0 Å². The average molecular weight is 427 g/mol. The summed E-state index contributed by atoms with van der Waals surface area (Å²) in [6.45, 7) is 0. The minimum atomic E-state index is 1.31. The molecule has 154 valence electrons. The minimum Gasteiger partial charge on any atom is -0.0610 e. The molecular weight excluding hydrogens is 408 g/mol. The van der Waals surface area contributed by atoms with Gasteiger partial charge in [-0.1, -0.05) is 109 Å². The second-order valence-electron chi connectivity index (χ2n) is 9.62. The van der Waals surface area contributed by atoms with E-state index in [2.05, 4.69) is 109 Å². The molecule has 0 heteroatoms. The molecule has 0 aliphatic heterocycles. The van der Waals surface area contributed by atoms with Gasteiger partial charge >= 0.3 is 0 Å². The average Bonchev–Trinajstić information content (AvgIpc) is 2.90. The summed E-state index contributed by atoms with van der Waals surface area (Å²) in [5, 5.41) is 21.8. The Hall–Kier alpha value is -4.42. The highest BCUT2D eigenvalue weighted by Gasteiger charge is 2.21. The zero-order valence-electron chi connectivity index (χ0n) is 18.4. The van der Waals surface area contributed by atoms with Gasteiger partial charge in [0, 0.05) is 0 Å². The number of fused-ring (bicyclic) bond motifs is 6. The molecule has 0 spiro atoms. The number of benzene rings is 9. The van der Waals surface area contributed by atoms with Crippen LogP contribution in [-0.4, -0.2) is 0 Å². The van der Waals surface area contributed by atoms with Gasteiger partial charge < -0.3 is 0 Å². The van der Waals surface area contributed by atoms with E-state index >= 15 is 0 Å². The molecule has 9 rings (SSSR count). The second kappa shape index (κ2) is 5.73. The van der Waals surface area contributed by atoms with Crippen LogP contribution in [0.5, 0.6) is 0 Å². The first-order chi connectivity index (χ1) is 16.9. The van der Waals surface area contributed by atoms with E-state index in [0.29, 0.717) is 0 Å². The van der Waals surface area contributed by atoms with Gasteiger partial charge in [0.15, 0.2) is 0 Å². The van der Waals surface area contributed by atoms with E-state index in [1.54, 1.807) is 0 Å². The Morgan fingerprint density at radius 1 is 0.206 bits per heavy atom. The Kier molecular flexibility index (Phi) is 2.88. The lowest BCUT2D eigenvalue weighted by molar-refractivity contribution is 1.79. The van der Waals surface area contributed by atoms with Crippen LogP contribution in [0.3, 0.4) is 0 Å². The summed E-state index contributed by atoms with van der Waals surface area (Å²) >= 11 is 0. The van der Waals surface area contributed by atoms with Crippen molar-refractivity contribution in [1.82, 2.24) is 0 Å². The maximum Gasteiger partial charge on any atom is -0.000719 e. The van der Waals surface area contributed by atoms with Crippen molar-refractivity contribution in [2.45, 2.75) is 0 Å². The van der Waals surface area contributed by atoms with Gasteiger partial charge in [-0.15, -0.1) is 0 Å². The van der Waals surface area contributed by atoms with Crippen LogP contribution in [-0.2, 0) is 0 Å². The van der Waals surface area contributed by atoms with E-state index in [9.17, 15) is 0 Å². The third kappa shape index (κ3) is 1.82. The topological polar surface area (TPSA) is 0 Å². The Bertz CT molecular complexity index is 2090. The Morgan fingerprint density at radius 3 is 0.824 bits per heavy atom. The van der Waals surface area contributed by atoms with Crippen LogP contribution in [0.4, 0.5) is 0 Å². The summed E-state index contributed by atoms with van der Waals surface area (Å²) in [5.74, 6) is 0. The van der Waals surface area contributed by atoms with Crippen molar-refractivity contribution in [2.75, 3.05) is 0 Å². The third-order valence-corrected chi connectivity index (χ3v) is 8.10. The summed E-state index contributed by atoms with van der Waals surface area (Å²) in [6.07, 6.45) is 0. The maximum atomic E-state index is 2.34. The summed E-state index contributed by atoms with van der Waals surface area (Å²) in [7, 11) is 0. The summed E-state index contributed by atoms with van der Waals surface area (Å²) in [6, 6.07) is 40.9. The maximum absolute atomic E-state index is 2.34. The molecule has 34 heavy (non-hydrogen) atoms. The van der Waals surface area contributed by atoms with E-state index in [1.165, 1.54) is 86.2 Å². The van der Waals surface area contributed by atoms with Crippen molar-refractivity contribution >= 4 is 86.2 Å². The van der Waals surface area contributed by atoms with Crippen LogP contribution in [0.15, 0.2) is 109 Å². The zero-order valence-corrected chi connectivity index (χ0v) is 18.4. The molecule has 0 saturated heterocycles. The molecule has 0 heterocycles. The lowest BCUT2D eigenvalue weighted by atomic mass is 9.81. The first-order valence-electron chi connectivity index (χ1n) is 12.0. The van der Waals surface area contributed by atoms with Crippen molar-refractivity contribution in [3.05, 3.63) is 109 Å². The molecule has 0 fully saturated rings. The highest BCUT2D eigenvalue weighted by molar-refractivity contribution is 6.48. The van der Waals surface area contributed by atoms with Gasteiger partial charge in [0.05, 0.1) is 0 Å². The van der Waals surface area contributed by atoms with Gasteiger partial charge in [-0.05, 0) is 86.2 Å². The third-order valence-electron chi connectivity index (χ3n) is 8.10. The van der Waals surface area contributed by atoms with Gasteiger partial charge in [0.25, 0.3) is 0 Å². The molecule has 0 unspecified atom stereocenters. The van der Waals surface area contributed by atoms with Crippen molar-refractivity contribution < 1.29 is 0 Å². The van der Waals surface area contributed by atoms with Crippen LogP contribution in [0.25, 0.3) is 86.2 Å². The predicted octanol–water partition coefficient (Wildman–Crippen LogP) is 9.79. The highest BCUT2D eigenvalue weighted by Crippen LogP contribution is 2.50. The van der Waals surface area contributed by atoms with Crippen molar-refractivity contribution in [3.63, 3.8) is 0 Å². The van der Waals surface area contributed by atoms with Crippen molar-refractivity contribution in [2.24, 2.45) is 0 Å².